The van der Waals surface area contributed by atoms with Crippen molar-refractivity contribution < 1.29 is 4.74 Å². The van der Waals surface area contributed by atoms with E-state index in [9.17, 15) is 0 Å². The van der Waals surface area contributed by atoms with Crippen molar-refractivity contribution in [2.24, 2.45) is 5.92 Å². The van der Waals surface area contributed by atoms with E-state index >= 15 is 0 Å². The van der Waals surface area contributed by atoms with Gasteiger partial charge in [-0.1, -0.05) is 13.8 Å². The topological polar surface area (TPSA) is 21.3 Å². The minimum Gasteiger partial charge on any atom is -0.382 e. The van der Waals surface area contributed by atoms with E-state index in [0.717, 1.165) is 25.7 Å². The average molecular weight is 201 g/mol. The van der Waals surface area contributed by atoms with E-state index in [2.05, 4.69) is 33.0 Å². The molecule has 2 atom stereocenters. The summed E-state index contributed by atoms with van der Waals surface area (Å²) in [6.45, 7) is 11.7. The van der Waals surface area contributed by atoms with Crippen LogP contribution < -0.4 is 5.32 Å². The van der Waals surface area contributed by atoms with Gasteiger partial charge in [-0.15, -0.1) is 0 Å². The van der Waals surface area contributed by atoms with Gasteiger partial charge in [0, 0.05) is 19.3 Å². The van der Waals surface area contributed by atoms with E-state index < -0.39 is 0 Å². The third kappa shape index (κ3) is 8.52. The quantitative estimate of drug-likeness (QED) is 0.579. The molecule has 0 aromatic rings. The third-order valence-corrected chi connectivity index (χ3v) is 2.50. The summed E-state index contributed by atoms with van der Waals surface area (Å²) >= 11 is 0. The Morgan fingerprint density at radius 1 is 1.21 bits per heavy atom. The van der Waals surface area contributed by atoms with Crippen LogP contribution in [0.4, 0.5) is 0 Å². The summed E-state index contributed by atoms with van der Waals surface area (Å²) in [4.78, 5) is 0. The van der Waals surface area contributed by atoms with Gasteiger partial charge in [-0.25, -0.2) is 0 Å². The van der Waals surface area contributed by atoms with Crippen LogP contribution >= 0.6 is 0 Å². The van der Waals surface area contributed by atoms with Gasteiger partial charge in [-0.2, -0.15) is 0 Å². The van der Waals surface area contributed by atoms with Crippen molar-refractivity contribution in [3.05, 3.63) is 0 Å². The van der Waals surface area contributed by atoms with Crippen molar-refractivity contribution in [3.8, 4) is 0 Å². The fourth-order valence-electron chi connectivity index (χ4n) is 1.83. The molecular weight excluding hydrogens is 174 g/mol. The van der Waals surface area contributed by atoms with E-state index in [1.54, 1.807) is 0 Å². The first-order valence-electron chi connectivity index (χ1n) is 6.01. The van der Waals surface area contributed by atoms with E-state index in [1.807, 2.05) is 0 Å². The van der Waals surface area contributed by atoms with Crippen LogP contribution in [-0.2, 0) is 4.74 Å². The third-order valence-electron chi connectivity index (χ3n) is 2.50. The highest BCUT2D eigenvalue weighted by Crippen LogP contribution is 2.12. The molecule has 0 radical (unpaired) electrons. The molecule has 2 heteroatoms. The van der Waals surface area contributed by atoms with Crippen LogP contribution in [0.3, 0.4) is 0 Å². The number of nitrogens with one attached hydrogen (secondary N) is 1. The zero-order valence-electron chi connectivity index (χ0n) is 10.3. The summed E-state index contributed by atoms with van der Waals surface area (Å²) in [6, 6.07) is 0.655. The van der Waals surface area contributed by atoms with Crippen LogP contribution in [0.5, 0.6) is 0 Å². The molecule has 86 valence electrons. The Kier molecular flexibility index (Phi) is 9.42. The molecule has 2 nitrogen and oxygen atoms in total. The molecule has 0 heterocycles. The van der Waals surface area contributed by atoms with Crippen molar-refractivity contribution in [2.75, 3.05) is 19.8 Å². The molecular formula is C12H27NO. The summed E-state index contributed by atoms with van der Waals surface area (Å²) in [5.74, 6) is 0.810. The van der Waals surface area contributed by atoms with Crippen molar-refractivity contribution in [3.63, 3.8) is 0 Å². The standard InChI is InChI=1S/C12H27NO/c1-5-13-12(4)10-11(3)8-7-9-14-6-2/h11-13H,5-10H2,1-4H3. The van der Waals surface area contributed by atoms with Gasteiger partial charge in [0.2, 0.25) is 0 Å². The molecule has 0 rings (SSSR count). The van der Waals surface area contributed by atoms with Gasteiger partial charge in [0.15, 0.2) is 0 Å². The van der Waals surface area contributed by atoms with Gasteiger partial charge in [0.1, 0.15) is 0 Å². The number of hydrogen-bond donors (Lipinski definition) is 1. The zero-order valence-corrected chi connectivity index (χ0v) is 10.3. The molecule has 0 aliphatic heterocycles. The van der Waals surface area contributed by atoms with Crippen LogP contribution in [0, 0.1) is 5.92 Å². The lowest BCUT2D eigenvalue weighted by atomic mass is 9.98. The summed E-state index contributed by atoms with van der Waals surface area (Å²) < 4.78 is 5.32. The van der Waals surface area contributed by atoms with Gasteiger partial charge in [-0.05, 0) is 45.6 Å². The van der Waals surface area contributed by atoms with Gasteiger partial charge in [0.25, 0.3) is 0 Å². The molecule has 0 spiro atoms. The maximum Gasteiger partial charge on any atom is 0.0465 e. The van der Waals surface area contributed by atoms with Crippen LogP contribution in [0.15, 0.2) is 0 Å². The maximum absolute atomic E-state index is 5.32. The second-order valence-corrected chi connectivity index (χ2v) is 4.14. The molecule has 0 amide bonds. The van der Waals surface area contributed by atoms with Crippen molar-refractivity contribution in [2.45, 2.75) is 53.0 Å². The Hall–Kier alpha value is -0.0800. The normalized spacial score (nSPS) is 15.4. The highest BCUT2D eigenvalue weighted by Gasteiger charge is 2.06. The van der Waals surface area contributed by atoms with Crippen LogP contribution in [0.25, 0.3) is 0 Å². The number of ether oxygens (including phenoxy) is 1. The number of rotatable bonds is 9. The minimum absolute atomic E-state index is 0.655. The molecule has 14 heavy (non-hydrogen) atoms. The molecule has 0 aromatic heterocycles. The highest BCUT2D eigenvalue weighted by molar-refractivity contribution is 4.64. The first-order valence-corrected chi connectivity index (χ1v) is 6.01. The summed E-state index contributed by atoms with van der Waals surface area (Å²) in [7, 11) is 0. The molecule has 0 bridgehead atoms. The molecule has 0 aliphatic carbocycles. The van der Waals surface area contributed by atoms with Crippen molar-refractivity contribution in [1.82, 2.24) is 5.32 Å². The van der Waals surface area contributed by atoms with Crippen LogP contribution in [0.2, 0.25) is 0 Å². The van der Waals surface area contributed by atoms with E-state index in [-0.39, 0.29) is 0 Å². The molecule has 1 N–H and O–H groups in total. The van der Waals surface area contributed by atoms with E-state index in [1.165, 1.54) is 19.3 Å². The molecule has 0 aliphatic rings. The Labute approximate surface area is 89.4 Å². The summed E-state index contributed by atoms with van der Waals surface area (Å²) in [5.41, 5.74) is 0. The second-order valence-electron chi connectivity index (χ2n) is 4.14. The van der Waals surface area contributed by atoms with Crippen LogP contribution in [-0.4, -0.2) is 25.8 Å². The molecule has 0 aromatic carbocycles. The largest absolute Gasteiger partial charge is 0.382 e. The lowest BCUT2D eigenvalue weighted by Crippen LogP contribution is -2.27. The Bertz CT molecular complexity index is 117. The molecule has 0 saturated heterocycles. The van der Waals surface area contributed by atoms with Gasteiger partial charge < -0.3 is 10.1 Å². The Morgan fingerprint density at radius 3 is 2.50 bits per heavy atom. The SMILES string of the molecule is CCNC(C)CC(C)CCCOCC. The minimum atomic E-state index is 0.655. The first-order chi connectivity index (χ1) is 6.70. The lowest BCUT2D eigenvalue weighted by Gasteiger charge is -2.17. The zero-order chi connectivity index (χ0) is 10.8. The molecule has 0 fully saturated rings. The second kappa shape index (κ2) is 9.47. The molecule has 0 saturated carbocycles. The molecule has 2 unspecified atom stereocenters. The monoisotopic (exact) mass is 201 g/mol. The average Bonchev–Trinajstić information content (AvgIpc) is 2.13. The maximum atomic E-state index is 5.32. The van der Waals surface area contributed by atoms with Gasteiger partial charge in [-0.3, -0.25) is 0 Å². The van der Waals surface area contributed by atoms with Gasteiger partial charge >= 0.3 is 0 Å². The van der Waals surface area contributed by atoms with Crippen molar-refractivity contribution >= 4 is 0 Å². The first kappa shape index (κ1) is 13.9. The predicted molar refractivity (Wildman–Crippen MR) is 62.6 cm³/mol. The smallest absolute Gasteiger partial charge is 0.0465 e. The lowest BCUT2D eigenvalue weighted by molar-refractivity contribution is 0.139. The fourth-order valence-corrected chi connectivity index (χ4v) is 1.83. The van der Waals surface area contributed by atoms with E-state index in [0.29, 0.717) is 6.04 Å². The van der Waals surface area contributed by atoms with Crippen molar-refractivity contribution in [1.29, 1.82) is 0 Å². The van der Waals surface area contributed by atoms with Gasteiger partial charge in [0.05, 0.1) is 0 Å². The van der Waals surface area contributed by atoms with Crippen LogP contribution in [0.1, 0.15) is 47.0 Å². The Balaban J connectivity index is 3.30. The highest BCUT2D eigenvalue weighted by atomic mass is 16.5. The number of hydrogen-bond acceptors (Lipinski definition) is 2. The summed E-state index contributed by atoms with van der Waals surface area (Å²) in [6.07, 6.45) is 3.77. The Morgan fingerprint density at radius 2 is 1.93 bits per heavy atom. The van der Waals surface area contributed by atoms with E-state index in [4.69, 9.17) is 4.74 Å². The fraction of sp³-hybridized carbons (Fsp3) is 1.00. The summed E-state index contributed by atoms with van der Waals surface area (Å²) in [5, 5.41) is 3.45. The predicted octanol–water partition coefficient (Wildman–Crippen LogP) is 2.83.